The molecule has 6 heterocycles. The highest BCUT2D eigenvalue weighted by atomic mass is 32.1. The summed E-state index contributed by atoms with van der Waals surface area (Å²) in [5, 5.41) is 39.6. The predicted octanol–water partition coefficient (Wildman–Crippen LogP) is 17.8. The van der Waals surface area contributed by atoms with Crippen LogP contribution in [0.5, 0.6) is 0 Å². The van der Waals surface area contributed by atoms with Crippen molar-refractivity contribution >= 4 is 99.2 Å². The molecule has 6 aromatic carbocycles. The third-order valence-corrected chi connectivity index (χ3v) is 15.3. The molecule has 0 atom stereocenters. The smallest absolute Gasteiger partial charge is 0.358 e. The molecule has 0 spiro atoms. The first kappa shape index (κ1) is 56.4. The van der Waals surface area contributed by atoms with E-state index in [0.717, 1.165) is 107 Å². The van der Waals surface area contributed by atoms with Crippen molar-refractivity contribution in [1.82, 2.24) is 13.7 Å². The van der Waals surface area contributed by atoms with Gasteiger partial charge >= 0.3 is 15.4 Å². The SMILES string of the molecule is CC[n+]1ccsc1N=Nc1c(-c2ccccc2)n(C)c2ccccc12.CCn1c(-c2ccccc2)c(N=Nc2scc[n+]2C)c2ccccc21.Cn1c(-c2ccccc2)c(N=Nc2scc[n+]2C)c2ccccc21.[CH3-].[CH3-].[CH3-]. The number of para-hydroxylation sites is 3. The lowest BCUT2D eigenvalue weighted by atomic mass is 10.1. The van der Waals surface area contributed by atoms with Gasteiger partial charge in [-0.3, -0.25) is 0 Å². The molecule has 12 nitrogen and oxygen atoms in total. The van der Waals surface area contributed by atoms with Crippen molar-refractivity contribution in [2.45, 2.75) is 26.9 Å². The van der Waals surface area contributed by atoms with Gasteiger partial charge in [0.25, 0.3) is 0 Å². The standard InChI is InChI=1S/2C20H19N4S.C19H17N4S.3CH3/c1-3-24-13-14-25-20(24)22-21-18-16-11-7-8-12-17(16)23(2)19(18)15-9-5-4-6-10-15;1-3-24-17-12-8-7-11-16(17)18(19(24)15-9-5-4-6-10-15)21-22-20-23(2)13-14-25-20;1-22-12-13-24-19(22)21-20-17-15-10-6-7-11-16(15)23(2)18(17)14-8-4-3-5-9-14;;;/h2*4-14H,3H2,1-2H3;3-13H,1-2H3;3*1H3/q3*+1;3*-1. The second-order valence-electron chi connectivity index (χ2n) is 17.3. The number of aryl methyl sites for hydroxylation is 6. The van der Waals surface area contributed by atoms with E-state index in [1.807, 2.05) is 100 Å². The van der Waals surface area contributed by atoms with Crippen molar-refractivity contribution in [3.8, 4) is 33.8 Å². The third kappa shape index (κ3) is 11.7. The molecule has 0 saturated carbocycles. The maximum Gasteiger partial charge on any atom is 0.408 e. The van der Waals surface area contributed by atoms with Crippen molar-refractivity contribution < 1.29 is 13.7 Å². The van der Waals surface area contributed by atoms with Crippen molar-refractivity contribution in [2.24, 2.45) is 58.9 Å². The van der Waals surface area contributed by atoms with Crippen LogP contribution in [0.1, 0.15) is 13.8 Å². The van der Waals surface area contributed by atoms with E-state index in [-0.39, 0.29) is 22.3 Å². The summed E-state index contributed by atoms with van der Waals surface area (Å²) in [6.07, 6.45) is 6.02. The van der Waals surface area contributed by atoms with E-state index in [1.165, 1.54) is 5.52 Å². The van der Waals surface area contributed by atoms with E-state index in [4.69, 9.17) is 0 Å². The number of hydrogen-bond donors (Lipinski definition) is 0. The minimum atomic E-state index is 0. The van der Waals surface area contributed by atoms with Gasteiger partial charge in [0.2, 0.25) is 0 Å². The summed E-state index contributed by atoms with van der Waals surface area (Å²) in [6, 6.07) is 56.2. The third-order valence-electron chi connectivity index (χ3n) is 12.8. The van der Waals surface area contributed by atoms with Crippen LogP contribution in [0.3, 0.4) is 0 Å². The van der Waals surface area contributed by atoms with E-state index in [0.29, 0.717) is 0 Å². The van der Waals surface area contributed by atoms with Gasteiger partial charge in [-0.2, -0.15) is 0 Å². The molecule has 12 aromatic rings. The Bertz CT molecular complexity index is 3930. The molecule has 0 unspecified atom stereocenters. The first-order valence-corrected chi connectivity index (χ1v) is 27.0. The van der Waals surface area contributed by atoms with Gasteiger partial charge in [-0.05, 0) is 81.4 Å². The van der Waals surface area contributed by atoms with Gasteiger partial charge in [-0.15, -0.1) is 0 Å². The van der Waals surface area contributed by atoms with Crippen LogP contribution in [-0.4, -0.2) is 13.7 Å². The quantitative estimate of drug-likeness (QED) is 0.0700. The molecule has 0 N–H and O–H groups in total. The van der Waals surface area contributed by atoms with Crippen molar-refractivity contribution in [3.63, 3.8) is 0 Å². The summed E-state index contributed by atoms with van der Waals surface area (Å²) in [5.41, 5.74) is 13.0. The molecule has 0 aliphatic heterocycles. The fraction of sp³-hybridized carbons (Fsp3) is 0.129. The van der Waals surface area contributed by atoms with E-state index < -0.39 is 0 Å². The number of benzene rings is 6. The molecular weight excluding hydrogens is 1010 g/mol. The van der Waals surface area contributed by atoms with Gasteiger partial charge in [0.1, 0.15) is 35.7 Å². The Kier molecular flexibility index (Phi) is 19.0. The Balaban J connectivity index is 0.000000165. The van der Waals surface area contributed by atoms with Crippen LogP contribution >= 0.6 is 34.0 Å². The van der Waals surface area contributed by atoms with E-state index >= 15 is 0 Å². The number of azo groups is 3. The average Bonchev–Trinajstić information content (AvgIpc) is 4.36. The van der Waals surface area contributed by atoms with E-state index in [9.17, 15) is 0 Å². The lowest BCUT2D eigenvalue weighted by Crippen LogP contribution is -2.28. The van der Waals surface area contributed by atoms with Gasteiger partial charge in [-0.1, -0.05) is 146 Å². The van der Waals surface area contributed by atoms with Crippen LogP contribution in [0, 0.1) is 22.3 Å². The van der Waals surface area contributed by atoms with Gasteiger partial charge in [0, 0.05) is 69.6 Å². The summed E-state index contributed by atoms with van der Waals surface area (Å²) in [7, 11) is 8.13. The van der Waals surface area contributed by atoms with Gasteiger partial charge in [0.15, 0.2) is 0 Å². The maximum absolute atomic E-state index is 4.68. The Morgan fingerprint density at radius 2 is 0.727 bits per heavy atom. The van der Waals surface area contributed by atoms with Crippen LogP contribution in [0.15, 0.2) is 229 Å². The highest BCUT2D eigenvalue weighted by Crippen LogP contribution is 2.43. The molecular formula is C62H64N12S3. The maximum atomic E-state index is 4.68. The molecule has 0 aliphatic carbocycles. The predicted molar refractivity (Wildman–Crippen MR) is 323 cm³/mol. The Labute approximate surface area is 464 Å². The van der Waals surface area contributed by atoms with Gasteiger partial charge in [0.05, 0.1) is 69.6 Å². The molecule has 77 heavy (non-hydrogen) atoms. The van der Waals surface area contributed by atoms with Crippen LogP contribution in [0.2, 0.25) is 0 Å². The topological polar surface area (TPSA) is 101 Å². The lowest BCUT2D eigenvalue weighted by Gasteiger charge is -2.08. The van der Waals surface area contributed by atoms with Crippen molar-refractivity contribution in [2.75, 3.05) is 0 Å². The first-order chi connectivity index (χ1) is 36.3. The zero-order valence-corrected chi connectivity index (χ0v) is 47.5. The molecule has 0 fully saturated rings. The summed E-state index contributed by atoms with van der Waals surface area (Å²) in [6.45, 7) is 6.05. The minimum absolute atomic E-state index is 0. The molecule has 0 saturated heterocycles. The van der Waals surface area contributed by atoms with Gasteiger partial charge in [-0.25, -0.2) is 13.7 Å². The van der Waals surface area contributed by atoms with Crippen molar-refractivity contribution in [1.29, 1.82) is 0 Å². The molecule has 0 amide bonds. The normalized spacial score (nSPS) is 11.1. The highest BCUT2D eigenvalue weighted by molar-refractivity contribution is 7.13. The van der Waals surface area contributed by atoms with Crippen LogP contribution in [-0.2, 0) is 41.3 Å². The first-order valence-electron chi connectivity index (χ1n) is 24.3. The lowest BCUT2D eigenvalue weighted by molar-refractivity contribution is -0.676. The van der Waals surface area contributed by atoms with Crippen LogP contribution < -0.4 is 13.7 Å². The minimum Gasteiger partial charge on any atom is -0.358 e. The molecule has 0 aliphatic rings. The Morgan fingerprint density at radius 3 is 1.13 bits per heavy atom. The molecule has 6 aromatic heterocycles. The Hall–Kier alpha value is -8.37. The van der Waals surface area contributed by atoms with Crippen molar-refractivity contribution in [3.05, 3.63) is 221 Å². The monoisotopic (exact) mass is 1070 g/mol. The number of nitrogens with zero attached hydrogens (tertiary/aromatic N) is 12. The molecule has 0 radical (unpaired) electrons. The highest BCUT2D eigenvalue weighted by Gasteiger charge is 2.22. The molecule has 390 valence electrons. The van der Waals surface area contributed by atoms with Crippen LogP contribution in [0.25, 0.3) is 66.5 Å². The average molecular weight is 1070 g/mol. The van der Waals surface area contributed by atoms with Crippen LogP contribution in [0.4, 0.5) is 32.5 Å². The molecule has 0 bridgehead atoms. The largest absolute Gasteiger partial charge is 0.408 e. The van der Waals surface area contributed by atoms with Gasteiger partial charge < -0.3 is 36.0 Å². The number of hydrogen-bond acceptors (Lipinski definition) is 9. The second-order valence-corrected chi connectivity index (χ2v) is 19.9. The zero-order chi connectivity index (χ0) is 51.0. The number of thiazole rings is 3. The summed E-state index contributed by atoms with van der Waals surface area (Å²) in [5.74, 6) is 0. The summed E-state index contributed by atoms with van der Waals surface area (Å²) in [4.78, 5) is 0. The fourth-order valence-electron chi connectivity index (χ4n) is 9.15. The number of aromatic nitrogens is 6. The second kappa shape index (κ2) is 25.9. The molecule has 15 heteroatoms. The summed E-state index contributed by atoms with van der Waals surface area (Å²) >= 11 is 4.77. The Morgan fingerprint density at radius 1 is 0.390 bits per heavy atom. The zero-order valence-electron chi connectivity index (χ0n) is 45.1. The summed E-state index contributed by atoms with van der Waals surface area (Å²) < 4.78 is 12.8. The molecule has 12 rings (SSSR count). The number of fused-ring (bicyclic) bond motifs is 3. The fourth-order valence-corrected chi connectivity index (χ4v) is 11.3. The van der Waals surface area contributed by atoms with E-state index in [2.05, 4.69) is 198 Å². The number of rotatable bonds is 11. The van der Waals surface area contributed by atoms with E-state index in [1.54, 1.807) is 34.0 Å².